The molecule has 0 aliphatic rings. The first kappa shape index (κ1) is 21.4. The minimum absolute atomic E-state index is 0.00481. The molecule has 3 rings (SSSR count). The van der Waals surface area contributed by atoms with Crippen molar-refractivity contribution in [1.29, 1.82) is 0 Å². The highest BCUT2D eigenvalue weighted by molar-refractivity contribution is 7.97. The average Bonchev–Trinajstić information content (AvgIpc) is 3.04. The maximum atomic E-state index is 11.4. The van der Waals surface area contributed by atoms with Gasteiger partial charge in [0.15, 0.2) is 0 Å². The van der Waals surface area contributed by atoms with E-state index in [9.17, 15) is 14.7 Å². The second kappa shape index (κ2) is 9.47. The summed E-state index contributed by atoms with van der Waals surface area (Å²) in [6, 6.07) is 12.0. The number of nitrogens with zero attached hydrogens (tertiary/aromatic N) is 1. The average molecular weight is 432 g/mol. The number of carbonyl (C=O) groups excluding carboxylic acids is 1. The van der Waals surface area contributed by atoms with Crippen LogP contribution in [0.5, 0.6) is 0 Å². The maximum Gasteiger partial charge on any atom is 0.321 e. The van der Waals surface area contributed by atoms with Gasteiger partial charge in [0.2, 0.25) is 6.41 Å². The van der Waals surface area contributed by atoms with Gasteiger partial charge in [0.25, 0.3) is 0 Å². The van der Waals surface area contributed by atoms with Crippen LogP contribution in [0, 0.1) is 5.92 Å². The van der Waals surface area contributed by atoms with Gasteiger partial charge in [-0.05, 0) is 42.1 Å². The molecule has 0 spiro atoms. The number of anilines is 1. The smallest absolute Gasteiger partial charge is 0.321 e. The van der Waals surface area contributed by atoms with Crippen molar-refractivity contribution in [2.75, 3.05) is 25.0 Å². The summed E-state index contributed by atoms with van der Waals surface area (Å²) in [6.07, 6.45) is 0.716. The lowest BCUT2D eigenvalue weighted by Gasteiger charge is -2.18. The molecule has 3 aromatic rings. The van der Waals surface area contributed by atoms with Crippen molar-refractivity contribution < 1.29 is 14.7 Å². The number of thiophene rings is 1. The number of hydrogen-bond acceptors (Lipinski definition) is 6. The van der Waals surface area contributed by atoms with E-state index in [0.717, 1.165) is 17.1 Å². The number of rotatable bonds is 10. The van der Waals surface area contributed by atoms with Crippen LogP contribution in [0.3, 0.4) is 0 Å². The van der Waals surface area contributed by atoms with E-state index in [4.69, 9.17) is 0 Å². The van der Waals surface area contributed by atoms with Gasteiger partial charge in [-0.25, -0.2) is 4.72 Å². The second-order valence-electron chi connectivity index (χ2n) is 7.21. The standard InChI is InChI=1S/C21H25N3O3S2/c1-13(2)20(21(26)27)23-29-15-5-7-17-16-6-4-14(24(3)9-8-22-12-25)10-18(16)28-19(17)11-15/h4-7,10-13,20,23H,8-9H2,1-3H3,(H,22,25)(H,26,27). The second-order valence-corrected chi connectivity index (χ2v) is 9.21. The molecule has 1 heterocycles. The lowest BCUT2D eigenvalue weighted by molar-refractivity contribution is -0.139. The van der Waals surface area contributed by atoms with Crippen LogP contribution in [0.4, 0.5) is 5.69 Å². The van der Waals surface area contributed by atoms with E-state index in [1.165, 1.54) is 32.1 Å². The van der Waals surface area contributed by atoms with Crippen LogP contribution in [0.2, 0.25) is 0 Å². The summed E-state index contributed by atoms with van der Waals surface area (Å²) < 4.78 is 5.44. The summed E-state index contributed by atoms with van der Waals surface area (Å²) in [5.74, 6) is -0.833. The molecular weight excluding hydrogens is 406 g/mol. The van der Waals surface area contributed by atoms with Gasteiger partial charge in [0.1, 0.15) is 6.04 Å². The van der Waals surface area contributed by atoms with Crippen molar-refractivity contribution in [3.63, 3.8) is 0 Å². The normalized spacial score (nSPS) is 12.4. The van der Waals surface area contributed by atoms with Gasteiger partial charge < -0.3 is 15.3 Å². The minimum Gasteiger partial charge on any atom is -0.480 e. The van der Waals surface area contributed by atoms with Gasteiger partial charge in [0, 0.05) is 50.9 Å². The van der Waals surface area contributed by atoms with Crippen molar-refractivity contribution in [3.05, 3.63) is 36.4 Å². The Hall–Kier alpha value is -2.29. The molecule has 3 N–H and O–H groups in total. The van der Waals surface area contributed by atoms with E-state index in [-0.39, 0.29) is 5.92 Å². The lowest BCUT2D eigenvalue weighted by atomic mass is 10.1. The Balaban J connectivity index is 1.81. The van der Waals surface area contributed by atoms with E-state index in [2.05, 4.69) is 45.3 Å². The summed E-state index contributed by atoms with van der Waals surface area (Å²) in [5, 5.41) is 14.4. The number of aliphatic carboxylic acids is 1. The van der Waals surface area contributed by atoms with Gasteiger partial charge in [-0.15, -0.1) is 11.3 Å². The van der Waals surface area contributed by atoms with Gasteiger partial charge in [0.05, 0.1) is 0 Å². The molecule has 2 aromatic carbocycles. The zero-order valence-electron chi connectivity index (χ0n) is 16.6. The zero-order valence-corrected chi connectivity index (χ0v) is 18.3. The van der Waals surface area contributed by atoms with Gasteiger partial charge >= 0.3 is 5.97 Å². The van der Waals surface area contributed by atoms with Crippen LogP contribution in [-0.4, -0.2) is 43.7 Å². The van der Waals surface area contributed by atoms with E-state index in [0.29, 0.717) is 13.0 Å². The molecule has 1 aromatic heterocycles. The first-order valence-electron chi connectivity index (χ1n) is 9.40. The van der Waals surface area contributed by atoms with Crippen LogP contribution in [0.1, 0.15) is 13.8 Å². The Bertz CT molecular complexity index is 1020. The van der Waals surface area contributed by atoms with Crippen molar-refractivity contribution >= 4 is 61.5 Å². The largest absolute Gasteiger partial charge is 0.480 e. The Morgan fingerprint density at radius 1 is 1.21 bits per heavy atom. The highest BCUT2D eigenvalue weighted by atomic mass is 32.2. The summed E-state index contributed by atoms with van der Waals surface area (Å²) in [5.41, 5.74) is 1.11. The predicted molar refractivity (Wildman–Crippen MR) is 122 cm³/mol. The first-order chi connectivity index (χ1) is 13.9. The molecule has 0 saturated heterocycles. The molecule has 0 aliphatic heterocycles. The van der Waals surface area contributed by atoms with Gasteiger partial charge in [-0.1, -0.05) is 26.0 Å². The zero-order chi connectivity index (χ0) is 21.0. The van der Waals surface area contributed by atoms with Crippen molar-refractivity contribution in [2.24, 2.45) is 5.92 Å². The van der Waals surface area contributed by atoms with Crippen molar-refractivity contribution in [3.8, 4) is 0 Å². The van der Waals surface area contributed by atoms with E-state index in [1.807, 2.05) is 27.0 Å². The fourth-order valence-electron chi connectivity index (χ4n) is 3.07. The van der Waals surface area contributed by atoms with Crippen LogP contribution >= 0.6 is 23.3 Å². The Morgan fingerprint density at radius 2 is 1.90 bits per heavy atom. The fraction of sp³-hybridized carbons (Fsp3) is 0.333. The molecule has 1 unspecified atom stereocenters. The third-order valence-electron chi connectivity index (χ3n) is 4.78. The van der Waals surface area contributed by atoms with Crippen LogP contribution in [-0.2, 0) is 9.59 Å². The number of likely N-dealkylation sites (N-methyl/N-ethyl adjacent to an activating group) is 1. The summed E-state index contributed by atoms with van der Waals surface area (Å²) >= 11 is 3.09. The number of carboxylic acid groups (broad SMARTS) is 1. The molecule has 154 valence electrons. The van der Waals surface area contributed by atoms with Crippen LogP contribution < -0.4 is 14.9 Å². The monoisotopic (exact) mass is 431 g/mol. The van der Waals surface area contributed by atoms with Gasteiger partial charge in [-0.3, -0.25) is 9.59 Å². The molecule has 0 bridgehead atoms. The van der Waals surface area contributed by atoms with Crippen LogP contribution in [0.15, 0.2) is 41.3 Å². The van der Waals surface area contributed by atoms with Crippen molar-refractivity contribution in [2.45, 2.75) is 24.8 Å². The van der Waals surface area contributed by atoms with Gasteiger partial charge in [-0.2, -0.15) is 0 Å². The number of fused-ring (bicyclic) bond motifs is 3. The molecule has 29 heavy (non-hydrogen) atoms. The SMILES string of the molecule is CC(C)C(NSc1ccc2c(c1)sc1cc(N(C)CCNC=O)ccc12)C(=O)O. The number of benzene rings is 2. The molecule has 0 aliphatic carbocycles. The van der Waals surface area contributed by atoms with E-state index in [1.54, 1.807) is 11.3 Å². The maximum absolute atomic E-state index is 11.4. The van der Waals surface area contributed by atoms with E-state index >= 15 is 0 Å². The fourth-order valence-corrected chi connectivity index (χ4v) is 5.27. The molecule has 0 radical (unpaired) electrons. The predicted octanol–water partition coefficient (Wildman–Crippen LogP) is 3.94. The summed E-state index contributed by atoms with van der Waals surface area (Å²) in [7, 11) is 2.01. The number of carbonyl (C=O) groups is 2. The topological polar surface area (TPSA) is 81.7 Å². The number of amides is 1. The number of hydrogen-bond donors (Lipinski definition) is 3. The van der Waals surface area contributed by atoms with E-state index < -0.39 is 12.0 Å². The lowest BCUT2D eigenvalue weighted by Crippen LogP contribution is -2.36. The number of carboxylic acids is 1. The quantitative estimate of drug-likeness (QED) is 0.256. The molecule has 0 fully saturated rings. The third-order valence-corrected chi connectivity index (χ3v) is 6.76. The highest BCUT2D eigenvalue weighted by Crippen LogP contribution is 2.37. The molecule has 0 saturated carbocycles. The summed E-state index contributed by atoms with van der Waals surface area (Å²) in [6.45, 7) is 5.13. The Kier molecular flexibility index (Phi) is 7.00. The Labute approximate surface area is 178 Å². The summed E-state index contributed by atoms with van der Waals surface area (Å²) in [4.78, 5) is 24.9. The Morgan fingerprint density at radius 3 is 2.55 bits per heavy atom. The minimum atomic E-state index is -0.838. The molecular formula is C21H25N3O3S2. The van der Waals surface area contributed by atoms with Crippen molar-refractivity contribution in [1.82, 2.24) is 10.0 Å². The van der Waals surface area contributed by atoms with Crippen LogP contribution in [0.25, 0.3) is 20.2 Å². The third kappa shape index (κ3) is 5.01. The highest BCUT2D eigenvalue weighted by Gasteiger charge is 2.21. The molecule has 1 atom stereocenters. The molecule has 8 heteroatoms. The first-order valence-corrected chi connectivity index (χ1v) is 11.0. The molecule has 1 amide bonds. The molecule has 6 nitrogen and oxygen atoms in total. The number of nitrogens with one attached hydrogen (secondary N) is 2.